The summed E-state index contributed by atoms with van der Waals surface area (Å²) >= 11 is 1.14. The number of hydrogen-bond donors (Lipinski definition) is 1. The first-order valence-electron chi connectivity index (χ1n) is 7.31. The van der Waals surface area contributed by atoms with E-state index in [1.54, 1.807) is 18.7 Å². The van der Waals surface area contributed by atoms with E-state index in [0.717, 1.165) is 18.2 Å². The van der Waals surface area contributed by atoms with Gasteiger partial charge in [-0.25, -0.2) is 9.78 Å². The second kappa shape index (κ2) is 6.61. The third-order valence-corrected chi connectivity index (χ3v) is 4.64. The molecule has 0 fully saturated rings. The molecule has 2 aromatic heterocycles. The first kappa shape index (κ1) is 17.3. The summed E-state index contributed by atoms with van der Waals surface area (Å²) in [6.45, 7) is 4.45. The smallest absolute Gasteiger partial charge is 0.332 e. The lowest BCUT2D eigenvalue weighted by Crippen LogP contribution is -2.39. The van der Waals surface area contributed by atoms with Gasteiger partial charge in [-0.05, 0) is 12.3 Å². The Bertz CT molecular complexity index is 862. The van der Waals surface area contributed by atoms with Gasteiger partial charge < -0.3 is 10.3 Å². The fourth-order valence-corrected chi connectivity index (χ4v) is 2.98. The molecule has 8 nitrogen and oxygen atoms in total. The van der Waals surface area contributed by atoms with Crippen molar-refractivity contribution in [2.75, 3.05) is 5.75 Å². The van der Waals surface area contributed by atoms with Gasteiger partial charge in [0.1, 0.15) is 0 Å². The number of aryl methyl sites for hydroxylation is 2. The van der Waals surface area contributed by atoms with E-state index < -0.39 is 5.91 Å². The molecule has 0 atom stereocenters. The summed E-state index contributed by atoms with van der Waals surface area (Å²) < 4.78 is 4.22. The van der Waals surface area contributed by atoms with E-state index in [2.05, 4.69) is 4.98 Å². The predicted molar refractivity (Wildman–Crippen MR) is 89.6 cm³/mol. The fraction of sp³-hybridized carbons (Fsp3) is 0.571. The summed E-state index contributed by atoms with van der Waals surface area (Å²) in [5, 5.41) is 0.479. The number of imidazole rings is 1. The quantitative estimate of drug-likeness (QED) is 0.749. The molecule has 0 saturated carbocycles. The van der Waals surface area contributed by atoms with Crippen LogP contribution in [-0.2, 0) is 25.4 Å². The van der Waals surface area contributed by atoms with Crippen LogP contribution >= 0.6 is 11.8 Å². The molecule has 2 heterocycles. The molecule has 0 saturated heterocycles. The summed E-state index contributed by atoms with van der Waals surface area (Å²) in [5.41, 5.74) is 5.07. The molecule has 0 unspecified atom stereocenters. The van der Waals surface area contributed by atoms with Crippen LogP contribution in [0.2, 0.25) is 0 Å². The zero-order chi connectivity index (χ0) is 17.3. The van der Waals surface area contributed by atoms with Crippen LogP contribution in [0.15, 0.2) is 14.7 Å². The van der Waals surface area contributed by atoms with Crippen LogP contribution in [0.3, 0.4) is 0 Å². The van der Waals surface area contributed by atoms with Gasteiger partial charge in [-0.1, -0.05) is 25.6 Å². The fourth-order valence-electron chi connectivity index (χ4n) is 2.27. The SMILES string of the molecule is CC(C)CCn1c(=O)c2c(nc(SCC(N)=O)n2C)n(C)c1=O. The van der Waals surface area contributed by atoms with Gasteiger partial charge in [0.2, 0.25) is 5.91 Å². The Hall–Kier alpha value is -2.03. The van der Waals surface area contributed by atoms with E-state index in [4.69, 9.17) is 5.73 Å². The molecule has 0 aliphatic carbocycles. The molecule has 0 aromatic carbocycles. The molecule has 0 bridgehead atoms. The van der Waals surface area contributed by atoms with E-state index in [-0.39, 0.29) is 17.0 Å². The average molecular weight is 339 g/mol. The van der Waals surface area contributed by atoms with Gasteiger partial charge in [0.05, 0.1) is 5.75 Å². The molecule has 23 heavy (non-hydrogen) atoms. The summed E-state index contributed by atoms with van der Waals surface area (Å²) in [6, 6.07) is 0. The van der Waals surface area contributed by atoms with Gasteiger partial charge in [0, 0.05) is 20.6 Å². The maximum atomic E-state index is 12.7. The van der Waals surface area contributed by atoms with Crippen molar-refractivity contribution >= 4 is 28.8 Å². The highest BCUT2D eigenvalue weighted by molar-refractivity contribution is 7.99. The number of hydrogen-bond acceptors (Lipinski definition) is 5. The monoisotopic (exact) mass is 339 g/mol. The van der Waals surface area contributed by atoms with Gasteiger partial charge in [-0.15, -0.1) is 0 Å². The second-order valence-electron chi connectivity index (χ2n) is 5.86. The predicted octanol–water partition coefficient (Wildman–Crippen LogP) is 0.0572. The molecular formula is C14H21N5O3S. The highest BCUT2D eigenvalue weighted by Gasteiger charge is 2.19. The van der Waals surface area contributed by atoms with Gasteiger partial charge in [0.15, 0.2) is 16.3 Å². The second-order valence-corrected chi connectivity index (χ2v) is 6.80. The van der Waals surface area contributed by atoms with Crippen molar-refractivity contribution in [3.8, 4) is 0 Å². The Kier molecular flexibility index (Phi) is 4.98. The van der Waals surface area contributed by atoms with Crippen molar-refractivity contribution in [3.05, 3.63) is 20.8 Å². The first-order valence-corrected chi connectivity index (χ1v) is 8.30. The lowest BCUT2D eigenvalue weighted by molar-refractivity contribution is -0.115. The number of primary amides is 1. The topological polar surface area (TPSA) is 105 Å². The zero-order valence-corrected chi connectivity index (χ0v) is 14.5. The lowest BCUT2D eigenvalue weighted by Gasteiger charge is -2.09. The van der Waals surface area contributed by atoms with E-state index in [0.29, 0.717) is 28.8 Å². The number of fused-ring (bicyclic) bond motifs is 1. The zero-order valence-electron chi connectivity index (χ0n) is 13.7. The highest BCUT2D eigenvalue weighted by Crippen LogP contribution is 2.19. The Labute approximate surface area is 137 Å². The summed E-state index contributed by atoms with van der Waals surface area (Å²) in [7, 11) is 3.28. The van der Waals surface area contributed by atoms with Crippen LogP contribution < -0.4 is 17.0 Å². The molecule has 1 amide bonds. The minimum atomic E-state index is -0.467. The minimum absolute atomic E-state index is 0.0622. The molecule has 2 rings (SSSR count). The summed E-state index contributed by atoms with van der Waals surface area (Å²) in [4.78, 5) is 40.3. The summed E-state index contributed by atoms with van der Waals surface area (Å²) in [5.74, 6) is -0.0204. The van der Waals surface area contributed by atoms with Crippen LogP contribution in [0.1, 0.15) is 20.3 Å². The Balaban J connectivity index is 2.61. The van der Waals surface area contributed by atoms with Crippen LogP contribution in [0.25, 0.3) is 11.2 Å². The van der Waals surface area contributed by atoms with Gasteiger partial charge in [0.25, 0.3) is 5.56 Å². The number of thioether (sulfide) groups is 1. The number of aromatic nitrogens is 4. The number of carbonyl (C=O) groups excluding carboxylic acids is 1. The maximum Gasteiger partial charge on any atom is 0.332 e. The van der Waals surface area contributed by atoms with Crippen molar-refractivity contribution in [1.82, 2.24) is 18.7 Å². The number of rotatable bonds is 6. The van der Waals surface area contributed by atoms with Crippen LogP contribution in [-0.4, -0.2) is 30.3 Å². The van der Waals surface area contributed by atoms with Crippen molar-refractivity contribution < 1.29 is 4.79 Å². The minimum Gasteiger partial charge on any atom is -0.369 e. The standard InChI is InChI=1S/C14H21N5O3S/c1-8(2)5-6-19-12(21)10-11(18(4)14(19)22)16-13(17(10)3)23-7-9(15)20/h8H,5-7H2,1-4H3,(H2,15,20). The number of amides is 1. The molecule has 2 aromatic rings. The molecule has 9 heteroatoms. The van der Waals surface area contributed by atoms with E-state index in [9.17, 15) is 14.4 Å². The van der Waals surface area contributed by atoms with Gasteiger partial charge in [-0.3, -0.25) is 18.7 Å². The average Bonchev–Trinajstić information content (AvgIpc) is 2.79. The molecular weight excluding hydrogens is 318 g/mol. The van der Waals surface area contributed by atoms with Crippen LogP contribution in [0.4, 0.5) is 0 Å². The Morgan fingerprint density at radius 2 is 1.91 bits per heavy atom. The molecule has 0 radical (unpaired) electrons. The molecule has 0 aliphatic heterocycles. The molecule has 2 N–H and O–H groups in total. The maximum absolute atomic E-state index is 12.7. The largest absolute Gasteiger partial charge is 0.369 e. The molecule has 0 spiro atoms. The van der Waals surface area contributed by atoms with Crippen LogP contribution in [0, 0.1) is 5.92 Å². The van der Waals surface area contributed by atoms with E-state index >= 15 is 0 Å². The molecule has 126 valence electrons. The van der Waals surface area contributed by atoms with Crippen molar-refractivity contribution in [2.24, 2.45) is 25.7 Å². The summed E-state index contributed by atoms with van der Waals surface area (Å²) in [6.07, 6.45) is 0.738. The number of nitrogens with zero attached hydrogens (tertiary/aromatic N) is 4. The normalized spacial score (nSPS) is 11.5. The van der Waals surface area contributed by atoms with Crippen molar-refractivity contribution in [1.29, 1.82) is 0 Å². The lowest BCUT2D eigenvalue weighted by atomic mass is 10.1. The Morgan fingerprint density at radius 3 is 2.48 bits per heavy atom. The van der Waals surface area contributed by atoms with Crippen LogP contribution in [0.5, 0.6) is 0 Å². The van der Waals surface area contributed by atoms with E-state index in [1.807, 2.05) is 13.8 Å². The number of nitrogens with two attached hydrogens (primary N) is 1. The Morgan fingerprint density at radius 1 is 1.26 bits per heavy atom. The first-order chi connectivity index (χ1) is 10.7. The van der Waals surface area contributed by atoms with Crippen molar-refractivity contribution in [2.45, 2.75) is 32.0 Å². The number of carbonyl (C=O) groups is 1. The van der Waals surface area contributed by atoms with Crippen molar-refractivity contribution in [3.63, 3.8) is 0 Å². The molecule has 0 aliphatic rings. The van der Waals surface area contributed by atoms with E-state index in [1.165, 1.54) is 9.13 Å². The van der Waals surface area contributed by atoms with Gasteiger partial charge >= 0.3 is 5.69 Å². The van der Waals surface area contributed by atoms with Gasteiger partial charge in [-0.2, -0.15) is 0 Å². The highest BCUT2D eigenvalue weighted by atomic mass is 32.2. The third kappa shape index (κ3) is 3.34. The third-order valence-electron chi connectivity index (χ3n) is 3.59.